The van der Waals surface area contributed by atoms with Crippen LogP contribution in [0.2, 0.25) is 0 Å². The molecule has 0 fully saturated rings. The van der Waals surface area contributed by atoms with Crippen molar-refractivity contribution in [3.8, 4) is 0 Å². The van der Waals surface area contributed by atoms with Gasteiger partial charge in [-0.15, -0.1) is 0 Å². The molecule has 0 saturated heterocycles. The number of benzene rings is 2. The van der Waals surface area contributed by atoms with E-state index in [1.807, 2.05) is 30.3 Å². The number of hydrogen-bond donors (Lipinski definition) is 1. The lowest BCUT2D eigenvalue weighted by molar-refractivity contribution is 0.0954. The van der Waals surface area contributed by atoms with Crippen LogP contribution in [0.5, 0.6) is 0 Å². The van der Waals surface area contributed by atoms with Gasteiger partial charge in [-0.1, -0.05) is 30.3 Å². The van der Waals surface area contributed by atoms with E-state index in [0.29, 0.717) is 12.1 Å². The molecule has 0 atom stereocenters. The molecule has 0 radical (unpaired) electrons. The molecule has 0 aliphatic rings. The maximum Gasteiger partial charge on any atom is 0.269 e. The number of carbonyl (C=O) groups is 1. The summed E-state index contributed by atoms with van der Waals surface area (Å²) in [5.74, 6) is -0.258. The summed E-state index contributed by atoms with van der Waals surface area (Å²) in [4.78, 5) is 24.1. The van der Waals surface area contributed by atoms with Gasteiger partial charge in [0.2, 0.25) is 0 Å². The van der Waals surface area contributed by atoms with Crippen LogP contribution in [0.25, 0.3) is 11.2 Å². The fourth-order valence-electron chi connectivity index (χ4n) is 2.89. The van der Waals surface area contributed by atoms with Gasteiger partial charge in [0, 0.05) is 12.1 Å². The van der Waals surface area contributed by atoms with E-state index in [1.165, 1.54) is 43.1 Å². The van der Waals surface area contributed by atoms with Crippen molar-refractivity contribution in [1.82, 2.24) is 24.2 Å². The lowest BCUT2D eigenvalue weighted by Crippen LogP contribution is -2.25. The highest BCUT2D eigenvalue weighted by Gasteiger charge is 2.20. The third-order valence-corrected chi connectivity index (χ3v) is 6.09. The van der Waals surface area contributed by atoms with Gasteiger partial charge < -0.3 is 5.32 Å². The number of fused-ring (bicyclic) bond motifs is 1. The van der Waals surface area contributed by atoms with Crippen LogP contribution in [0.15, 0.2) is 78.3 Å². The minimum absolute atomic E-state index is 0.0430. The molecule has 9 heteroatoms. The number of aromatic nitrogens is 4. The minimum Gasteiger partial charge on any atom is -0.352 e. The summed E-state index contributed by atoms with van der Waals surface area (Å²) in [5.41, 5.74) is 2.09. The van der Waals surface area contributed by atoms with Crippen molar-refractivity contribution in [2.75, 3.05) is 6.54 Å². The Balaban J connectivity index is 1.47. The van der Waals surface area contributed by atoms with Gasteiger partial charge in [-0.2, -0.15) is 0 Å². The van der Waals surface area contributed by atoms with Crippen molar-refractivity contribution in [2.24, 2.45) is 0 Å². The van der Waals surface area contributed by atoms with E-state index >= 15 is 0 Å². The summed E-state index contributed by atoms with van der Waals surface area (Å²) in [6.07, 6.45) is 4.60. The first-order valence-corrected chi connectivity index (χ1v) is 10.3. The molecule has 0 bridgehead atoms. The Labute approximate surface area is 167 Å². The highest BCUT2D eigenvalue weighted by atomic mass is 32.2. The molecule has 2 heterocycles. The summed E-state index contributed by atoms with van der Waals surface area (Å²) in [6, 6.07) is 15.6. The predicted molar refractivity (Wildman–Crippen MR) is 107 cm³/mol. The topological polar surface area (TPSA) is 107 Å². The smallest absolute Gasteiger partial charge is 0.269 e. The van der Waals surface area contributed by atoms with E-state index in [-0.39, 0.29) is 22.0 Å². The zero-order valence-electron chi connectivity index (χ0n) is 15.3. The average Bonchev–Trinajstić information content (AvgIpc) is 3.19. The molecule has 4 rings (SSSR count). The number of rotatable bonds is 6. The Bertz CT molecular complexity index is 1250. The first-order chi connectivity index (χ1) is 14.1. The van der Waals surface area contributed by atoms with Crippen LogP contribution in [-0.4, -0.2) is 39.8 Å². The highest BCUT2D eigenvalue weighted by molar-refractivity contribution is 7.90. The number of amides is 1. The van der Waals surface area contributed by atoms with E-state index in [4.69, 9.17) is 0 Å². The van der Waals surface area contributed by atoms with Crippen molar-refractivity contribution in [3.05, 3.63) is 84.6 Å². The van der Waals surface area contributed by atoms with Crippen LogP contribution in [0, 0.1) is 0 Å². The Morgan fingerprint density at radius 3 is 2.52 bits per heavy atom. The first-order valence-electron chi connectivity index (χ1n) is 8.86. The molecular weight excluding hydrogens is 390 g/mol. The zero-order valence-corrected chi connectivity index (χ0v) is 16.1. The van der Waals surface area contributed by atoms with Gasteiger partial charge in [0.05, 0.1) is 11.1 Å². The Morgan fingerprint density at radius 2 is 1.76 bits per heavy atom. The van der Waals surface area contributed by atoms with Crippen LogP contribution in [-0.2, 0) is 16.4 Å². The van der Waals surface area contributed by atoms with Crippen LogP contribution >= 0.6 is 0 Å². The maximum absolute atomic E-state index is 12.9. The van der Waals surface area contributed by atoms with Gasteiger partial charge in [0.25, 0.3) is 15.9 Å². The Kier molecular flexibility index (Phi) is 5.05. The Morgan fingerprint density at radius 1 is 1.00 bits per heavy atom. The van der Waals surface area contributed by atoms with Crippen molar-refractivity contribution in [3.63, 3.8) is 0 Å². The summed E-state index contributed by atoms with van der Waals surface area (Å²) in [5, 5.41) is 2.84. The predicted octanol–water partition coefficient (Wildman–Crippen LogP) is 2.04. The molecule has 8 nitrogen and oxygen atoms in total. The quantitative estimate of drug-likeness (QED) is 0.524. The van der Waals surface area contributed by atoms with Gasteiger partial charge >= 0.3 is 0 Å². The first kappa shape index (κ1) is 18.8. The molecular formula is C20H17N5O3S. The van der Waals surface area contributed by atoms with Gasteiger partial charge in [-0.3, -0.25) is 4.79 Å². The molecule has 1 N–H and O–H groups in total. The summed E-state index contributed by atoms with van der Waals surface area (Å²) in [7, 11) is -3.88. The van der Waals surface area contributed by atoms with Crippen LogP contribution in [0.3, 0.4) is 0 Å². The number of carbonyl (C=O) groups excluding carboxylic acids is 1. The number of nitrogens with one attached hydrogen (secondary N) is 1. The number of hydrogen-bond acceptors (Lipinski definition) is 6. The third kappa shape index (κ3) is 3.85. The van der Waals surface area contributed by atoms with E-state index < -0.39 is 10.0 Å². The number of nitrogens with zero attached hydrogens (tertiary/aromatic N) is 4. The standard InChI is InChI=1S/C20H17N5O3S/c26-20(22-11-10-15-4-2-1-3-5-15)16-6-8-17(9-7-16)29(27,28)25-14-24-19-18(25)12-21-13-23-19/h1-9,12-14H,10-11H2,(H,22,26). The fourth-order valence-corrected chi connectivity index (χ4v) is 4.16. The zero-order chi connectivity index (χ0) is 20.3. The summed E-state index contributed by atoms with van der Waals surface area (Å²) in [6.45, 7) is 0.490. The molecule has 0 aliphatic carbocycles. The van der Waals surface area contributed by atoms with Crippen LogP contribution < -0.4 is 5.32 Å². The lowest BCUT2D eigenvalue weighted by atomic mass is 10.1. The van der Waals surface area contributed by atoms with Crippen LogP contribution in [0.4, 0.5) is 0 Å². The number of imidazole rings is 1. The summed E-state index contributed by atoms with van der Waals surface area (Å²) < 4.78 is 26.8. The molecule has 146 valence electrons. The molecule has 0 aliphatic heterocycles. The van der Waals surface area contributed by atoms with Gasteiger partial charge in [-0.05, 0) is 36.2 Å². The Hall–Kier alpha value is -3.59. The molecule has 0 spiro atoms. The monoisotopic (exact) mass is 407 g/mol. The third-order valence-electron chi connectivity index (χ3n) is 4.41. The molecule has 0 saturated carbocycles. The van der Waals surface area contributed by atoms with Gasteiger partial charge in [0.15, 0.2) is 5.65 Å². The van der Waals surface area contributed by atoms with Crippen molar-refractivity contribution >= 4 is 27.1 Å². The largest absolute Gasteiger partial charge is 0.352 e. The minimum atomic E-state index is -3.88. The molecule has 29 heavy (non-hydrogen) atoms. The second kappa shape index (κ2) is 7.80. The fraction of sp³-hybridized carbons (Fsp3) is 0.100. The average molecular weight is 407 g/mol. The van der Waals surface area contributed by atoms with Crippen molar-refractivity contribution in [1.29, 1.82) is 0 Å². The molecule has 0 unspecified atom stereocenters. The van der Waals surface area contributed by atoms with E-state index in [2.05, 4.69) is 20.3 Å². The molecule has 1 amide bonds. The molecule has 2 aromatic heterocycles. The SMILES string of the molecule is O=C(NCCc1ccccc1)c1ccc(S(=O)(=O)n2cnc3ncncc32)cc1. The van der Waals surface area contributed by atoms with Crippen molar-refractivity contribution in [2.45, 2.75) is 11.3 Å². The second-order valence-electron chi connectivity index (χ2n) is 6.29. The second-order valence-corrected chi connectivity index (χ2v) is 8.11. The van der Waals surface area contributed by atoms with E-state index in [0.717, 1.165) is 16.0 Å². The van der Waals surface area contributed by atoms with E-state index in [9.17, 15) is 13.2 Å². The summed E-state index contributed by atoms with van der Waals surface area (Å²) >= 11 is 0. The lowest BCUT2D eigenvalue weighted by Gasteiger charge is -2.08. The van der Waals surface area contributed by atoms with Crippen molar-refractivity contribution < 1.29 is 13.2 Å². The maximum atomic E-state index is 12.9. The van der Waals surface area contributed by atoms with Crippen LogP contribution in [0.1, 0.15) is 15.9 Å². The van der Waals surface area contributed by atoms with Gasteiger partial charge in [0.1, 0.15) is 18.2 Å². The molecule has 4 aromatic rings. The molecule has 2 aromatic carbocycles. The highest BCUT2D eigenvalue weighted by Crippen LogP contribution is 2.19. The van der Waals surface area contributed by atoms with Gasteiger partial charge in [-0.25, -0.2) is 27.3 Å². The normalized spacial score (nSPS) is 11.4. The van der Waals surface area contributed by atoms with E-state index in [1.54, 1.807) is 0 Å².